The van der Waals surface area contributed by atoms with Crippen molar-refractivity contribution in [3.8, 4) is 5.95 Å². The highest BCUT2D eigenvalue weighted by molar-refractivity contribution is 5.71. The lowest BCUT2D eigenvalue weighted by atomic mass is 10.5. The molecule has 0 N–H and O–H groups in total. The van der Waals surface area contributed by atoms with Crippen LogP contribution in [0.15, 0.2) is 31.0 Å². The van der Waals surface area contributed by atoms with Gasteiger partial charge in [-0.1, -0.05) is 0 Å². The van der Waals surface area contributed by atoms with E-state index in [1.807, 2.05) is 0 Å². The summed E-state index contributed by atoms with van der Waals surface area (Å²) < 4.78 is 1.59. The summed E-state index contributed by atoms with van der Waals surface area (Å²) in [6.45, 7) is 0. The Kier molecular flexibility index (Phi) is 1.84. The molecule has 5 heteroatoms. The van der Waals surface area contributed by atoms with Gasteiger partial charge >= 0.3 is 0 Å². The second-order valence-electron chi connectivity index (χ2n) is 2.37. The molecule has 0 aliphatic heterocycles. The van der Waals surface area contributed by atoms with Crippen LogP contribution in [-0.4, -0.2) is 25.8 Å². The maximum atomic E-state index is 10.3. The van der Waals surface area contributed by atoms with Crippen LogP contribution >= 0.6 is 0 Å². The Hall–Kier alpha value is -2.04. The van der Waals surface area contributed by atoms with Crippen molar-refractivity contribution in [3.05, 3.63) is 36.7 Å². The summed E-state index contributed by atoms with van der Waals surface area (Å²) in [5.41, 5.74) is 0.368. The maximum absolute atomic E-state index is 10.3. The Morgan fingerprint density at radius 3 is 2.62 bits per heavy atom. The zero-order valence-electron chi connectivity index (χ0n) is 6.66. The lowest BCUT2D eigenvalue weighted by Gasteiger charge is -1.95. The molecule has 64 valence electrons. The Balaban J connectivity index is 2.41. The van der Waals surface area contributed by atoms with Crippen molar-refractivity contribution in [2.75, 3.05) is 0 Å². The van der Waals surface area contributed by atoms with E-state index in [1.54, 1.807) is 29.2 Å². The standard InChI is InChI=1S/C8H6N4O/c13-5-7-4-12(6-11-7)8-9-2-1-3-10-8/h1-6H. The second kappa shape index (κ2) is 3.14. The van der Waals surface area contributed by atoms with Crippen LogP contribution < -0.4 is 0 Å². The van der Waals surface area contributed by atoms with Crippen LogP contribution in [0.5, 0.6) is 0 Å². The van der Waals surface area contributed by atoms with E-state index in [1.165, 1.54) is 6.33 Å². The predicted molar refractivity (Wildman–Crippen MR) is 44.5 cm³/mol. The molecule has 5 nitrogen and oxygen atoms in total. The van der Waals surface area contributed by atoms with Crippen LogP contribution in [0.3, 0.4) is 0 Å². The summed E-state index contributed by atoms with van der Waals surface area (Å²) in [5.74, 6) is 0.503. The average Bonchev–Trinajstić information content (AvgIpc) is 2.67. The van der Waals surface area contributed by atoms with Gasteiger partial charge in [0.25, 0.3) is 0 Å². The first-order chi connectivity index (χ1) is 6.40. The molecule has 0 unspecified atom stereocenters. The third-order valence-electron chi connectivity index (χ3n) is 1.51. The molecule has 0 amide bonds. The number of rotatable bonds is 2. The number of nitrogens with zero attached hydrogens (tertiary/aromatic N) is 4. The quantitative estimate of drug-likeness (QED) is 0.621. The predicted octanol–water partition coefficient (Wildman–Crippen LogP) is 0.475. The zero-order chi connectivity index (χ0) is 9.10. The molecule has 2 heterocycles. The van der Waals surface area contributed by atoms with Crippen LogP contribution in [-0.2, 0) is 0 Å². The lowest BCUT2D eigenvalue weighted by Crippen LogP contribution is -1.96. The molecule has 0 aliphatic carbocycles. The number of hydrogen-bond donors (Lipinski definition) is 0. The van der Waals surface area contributed by atoms with Crippen molar-refractivity contribution in [2.24, 2.45) is 0 Å². The molecule has 2 rings (SSSR count). The molecule has 0 atom stereocenters. The van der Waals surface area contributed by atoms with Gasteiger partial charge in [-0.3, -0.25) is 9.36 Å². The summed E-state index contributed by atoms with van der Waals surface area (Å²) >= 11 is 0. The first-order valence-corrected chi connectivity index (χ1v) is 3.67. The molecular weight excluding hydrogens is 168 g/mol. The summed E-state index contributed by atoms with van der Waals surface area (Å²) in [6.07, 6.45) is 7.01. The topological polar surface area (TPSA) is 60.7 Å². The van der Waals surface area contributed by atoms with Crippen LogP contribution in [0, 0.1) is 0 Å². The summed E-state index contributed by atoms with van der Waals surface area (Å²) in [6, 6.07) is 1.72. The van der Waals surface area contributed by atoms with Gasteiger partial charge in [0, 0.05) is 18.6 Å². The number of aldehydes is 1. The largest absolute Gasteiger partial charge is 0.296 e. The summed E-state index contributed by atoms with van der Waals surface area (Å²) in [7, 11) is 0. The minimum absolute atomic E-state index is 0.368. The molecule has 0 spiro atoms. The number of hydrogen-bond acceptors (Lipinski definition) is 4. The fourth-order valence-electron chi connectivity index (χ4n) is 0.933. The van der Waals surface area contributed by atoms with E-state index in [9.17, 15) is 4.79 Å². The van der Waals surface area contributed by atoms with Gasteiger partial charge in [-0.25, -0.2) is 15.0 Å². The van der Waals surface area contributed by atoms with Crippen LogP contribution in [0.1, 0.15) is 10.5 Å². The number of carbonyl (C=O) groups excluding carboxylic acids is 1. The van der Waals surface area contributed by atoms with E-state index in [0.29, 0.717) is 17.9 Å². The minimum Gasteiger partial charge on any atom is -0.296 e. The van der Waals surface area contributed by atoms with Gasteiger partial charge in [-0.15, -0.1) is 0 Å². The highest BCUT2D eigenvalue weighted by atomic mass is 16.1. The molecule has 0 fully saturated rings. The monoisotopic (exact) mass is 174 g/mol. The first kappa shape index (κ1) is 7.60. The van der Waals surface area contributed by atoms with E-state index < -0.39 is 0 Å². The van der Waals surface area contributed by atoms with Gasteiger partial charge in [0.1, 0.15) is 12.0 Å². The average molecular weight is 174 g/mol. The van der Waals surface area contributed by atoms with Gasteiger partial charge in [-0.05, 0) is 6.07 Å². The second-order valence-corrected chi connectivity index (χ2v) is 2.37. The van der Waals surface area contributed by atoms with Gasteiger partial charge in [-0.2, -0.15) is 0 Å². The smallest absolute Gasteiger partial charge is 0.234 e. The molecule has 0 saturated heterocycles. The number of carbonyl (C=O) groups is 1. The van der Waals surface area contributed by atoms with Crippen molar-refractivity contribution in [1.82, 2.24) is 19.5 Å². The molecule has 0 saturated carbocycles. The Labute approximate surface area is 74.1 Å². The Morgan fingerprint density at radius 2 is 2.00 bits per heavy atom. The van der Waals surface area contributed by atoms with Gasteiger partial charge in [0.15, 0.2) is 6.29 Å². The molecule has 0 aromatic carbocycles. The normalized spacial score (nSPS) is 9.85. The van der Waals surface area contributed by atoms with Crippen LogP contribution in [0.25, 0.3) is 5.95 Å². The van der Waals surface area contributed by atoms with Crippen molar-refractivity contribution < 1.29 is 4.79 Å². The maximum Gasteiger partial charge on any atom is 0.234 e. The Morgan fingerprint density at radius 1 is 1.23 bits per heavy atom. The molecule has 2 aromatic rings. The summed E-state index contributed by atoms with van der Waals surface area (Å²) in [4.78, 5) is 22.1. The molecule has 0 radical (unpaired) electrons. The highest BCUT2D eigenvalue weighted by Crippen LogP contribution is 1.99. The van der Waals surface area contributed by atoms with E-state index in [4.69, 9.17) is 0 Å². The fourth-order valence-corrected chi connectivity index (χ4v) is 0.933. The third-order valence-corrected chi connectivity index (χ3v) is 1.51. The third kappa shape index (κ3) is 1.44. The van der Waals surface area contributed by atoms with E-state index in [2.05, 4.69) is 15.0 Å². The van der Waals surface area contributed by atoms with Crippen molar-refractivity contribution in [2.45, 2.75) is 0 Å². The van der Waals surface area contributed by atoms with E-state index >= 15 is 0 Å². The van der Waals surface area contributed by atoms with Gasteiger partial charge in [0.05, 0.1) is 0 Å². The van der Waals surface area contributed by atoms with E-state index in [0.717, 1.165) is 0 Å². The molecular formula is C8H6N4O. The molecule has 13 heavy (non-hydrogen) atoms. The van der Waals surface area contributed by atoms with Crippen molar-refractivity contribution in [1.29, 1.82) is 0 Å². The van der Waals surface area contributed by atoms with Crippen molar-refractivity contribution >= 4 is 6.29 Å². The SMILES string of the molecule is O=Cc1cn(-c2ncccn2)cn1. The fraction of sp³-hybridized carbons (Fsp3) is 0. The van der Waals surface area contributed by atoms with Crippen LogP contribution in [0.4, 0.5) is 0 Å². The van der Waals surface area contributed by atoms with Crippen LogP contribution in [0.2, 0.25) is 0 Å². The van der Waals surface area contributed by atoms with Gasteiger partial charge in [0.2, 0.25) is 5.95 Å². The number of imidazole rings is 1. The Bertz CT molecular complexity index is 409. The first-order valence-electron chi connectivity index (χ1n) is 3.67. The zero-order valence-corrected chi connectivity index (χ0v) is 6.66. The minimum atomic E-state index is 0.368. The van der Waals surface area contributed by atoms with Gasteiger partial charge < -0.3 is 0 Å². The lowest BCUT2D eigenvalue weighted by molar-refractivity contribution is 0.111. The molecule has 2 aromatic heterocycles. The van der Waals surface area contributed by atoms with Crippen molar-refractivity contribution in [3.63, 3.8) is 0 Å². The summed E-state index contributed by atoms with van der Waals surface area (Å²) in [5, 5.41) is 0. The molecule has 0 aliphatic rings. The highest BCUT2D eigenvalue weighted by Gasteiger charge is 1.99. The van der Waals surface area contributed by atoms with E-state index in [-0.39, 0.29) is 0 Å². The number of aromatic nitrogens is 4. The molecule has 0 bridgehead atoms.